The lowest BCUT2D eigenvalue weighted by Gasteiger charge is -2.17. The predicted molar refractivity (Wildman–Crippen MR) is 72.2 cm³/mol. The Morgan fingerprint density at radius 3 is 2.78 bits per heavy atom. The third-order valence-corrected chi connectivity index (χ3v) is 3.06. The van der Waals surface area contributed by atoms with Crippen LogP contribution in [0.15, 0.2) is 12.3 Å². The Labute approximate surface area is 117 Å². The van der Waals surface area contributed by atoms with Gasteiger partial charge >= 0.3 is 0 Å². The van der Waals surface area contributed by atoms with Crippen LogP contribution >= 0.6 is 23.2 Å². The van der Waals surface area contributed by atoms with Gasteiger partial charge in [0.1, 0.15) is 5.15 Å². The molecule has 18 heavy (non-hydrogen) atoms. The first kappa shape index (κ1) is 15.2. The Morgan fingerprint density at radius 2 is 2.11 bits per heavy atom. The molecule has 6 heteroatoms. The van der Waals surface area contributed by atoms with Gasteiger partial charge in [-0.15, -0.1) is 0 Å². The second-order valence-electron chi connectivity index (χ2n) is 4.00. The minimum absolute atomic E-state index is 0.173. The zero-order valence-electron chi connectivity index (χ0n) is 10.2. The average Bonchev–Trinajstić information content (AvgIpc) is 2.36. The molecule has 0 radical (unpaired) electrons. The van der Waals surface area contributed by atoms with E-state index >= 15 is 0 Å². The van der Waals surface area contributed by atoms with Crippen molar-refractivity contribution in [2.45, 2.75) is 19.3 Å². The van der Waals surface area contributed by atoms with E-state index in [9.17, 15) is 4.79 Å². The first-order valence-corrected chi connectivity index (χ1v) is 6.49. The van der Waals surface area contributed by atoms with Crippen molar-refractivity contribution in [2.24, 2.45) is 0 Å². The van der Waals surface area contributed by atoms with Crippen LogP contribution in [0.25, 0.3) is 0 Å². The summed E-state index contributed by atoms with van der Waals surface area (Å²) in [5, 5.41) is 9.21. The number of unbranched alkanes of at least 4 members (excludes halogenated alkanes) is 2. The van der Waals surface area contributed by atoms with Crippen molar-refractivity contribution in [1.29, 1.82) is 0 Å². The molecular formula is C12H16Cl2N2O2. The highest BCUT2D eigenvalue weighted by Crippen LogP contribution is 2.19. The van der Waals surface area contributed by atoms with Gasteiger partial charge in [0, 0.05) is 26.4 Å². The third-order valence-electron chi connectivity index (χ3n) is 2.55. The molecule has 0 aliphatic rings. The molecule has 1 aromatic rings. The number of aromatic nitrogens is 1. The summed E-state index contributed by atoms with van der Waals surface area (Å²) in [5.41, 5.74) is 0.362. The molecule has 4 nitrogen and oxygen atoms in total. The maximum atomic E-state index is 12.1. The van der Waals surface area contributed by atoms with Gasteiger partial charge in [0.2, 0.25) is 0 Å². The van der Waals surface area contributed by atoms with Gasteiger partial charge in [0.05, 0.1) is 10.6 Å². The summed E-state index contributed by atoms with van der Waals surface area (Å²) in [7, 11) is 1.71. The quantitative estimate of drug-likeness (QED) is 0.647. The summed E-state index contributed by atoms with van der Waals surface area (Å²) < 4.78 is 0. The molecule has 1 N–H and O–H groups in total. The van der Waals surface area contributed by atoms with E-state index in [4.69, 9.17) is 28.3 Å². The van der Waals surface area contributed by atoms with E-state index in [-0.39, 0.29) is 17.7 Å². The van der Waals surface area contributed by atoms with Crippen LogP contribution in [0.4, 0.5) is 0 Å². The molecule has 0 aliphatic heterocycles. The molecule has 1 aromatic heterocycles. The van der Waals surface area contributed by atoms with E-state index in [0.717, 1.165) is 19.3 Å². The fraction of sp³-hybridized carbons (Fsp3) is 0.500. The number of pyridine rings is 1. The Morgan fingerprint density at radius 1 is 1.39 bits per heavy atom. The van der Waals surface area contributed by atoms with Crippen LogP contribution in [0.1, 0.15) is 29.6 Å². The second kappa shape index (κ2) is 7.56. The van der Waals surface area contributed by atoms with Crippen LogP contribution in [0.3, 0.4) is 0 Å². The molecule has 1 amide bonds. The molecule has 100 valence electrons. The summed E-state index contributed by atoms with van der Waals surface area (Å²) in [5.74, 6) is -0.173. The van der Waals surface area contributed by atoms with Gasteiger partial charge in [-0.3, -0.25) is 4.79 Å². The third kappa shape index (κ3) is 4.44. The number of aliphatic hydroxyl groups excluding tert-OH is 1. The summed E-state index contributed by atoms with van der Waals surface area (Å²) in [4.78, 5) is 17.5. The van der Waals surface area contributed by atoms with E-state index in [2.05, 4.69) is 4.98 Å². The minimum Gasteiger partial charge on any atom is -0.396 e. The number of carbonyl (C=O) groups is 1. The normalized spacial score (nSPS) is 10.4. The van der Waals surface area contributed by atoms with E-state index < -0.39 is 0 Å². The molecule has 0 aliphatic carbocycles. The lowest BCUT2D eigenvalue weighted by Crippen LogP contribution is -2.28. The van der Waals surface area contributed by atoms with Crippen LogP contribution in [0.5, 0.6) is 0 Å². The van der Waals surface area contributed by atoms with Gasteiger partial charge in [0.25, 0.3) is 5.91 Å². The number of halogens is 2. The van der Waals surface area contributed by atoms with Crippen molar-refractivity contribution in [1.82, 2.24) is 9.88 Å². The van der Waals surface area contributed by atoms with Crippen molar-refractivity contribution in [3.63, 3.8) is 0 Å². The van der Waals surface area contributed by atoms with E-state index in [1.807, 2.05) is 0 Å². The summed E-state index contributed by atoms with van der Waals surface area (Å²) >= 11 is 11.7. The second-order valence-corrected chi connectivity index (χ2v) is 4.79. The highest BCUT2D eigenvalue weighted by Gasteiger charge is 2.15. The molecule has 0 unspecified atom stereocenters. The topological polar surface area (TPSA) is 53.4 Å². The molecule has 0 spiro atoms. The molecule has 0 bridgehead atoms. The van der Waals surface area contributed by atoms with Crippen molar-refractivity contribution >= 4 is 29.1 Å². The molecular weight excluding hydrogens is 275 g/mol. The van der Waals surface area contributed by atoms with E-state index in [1.165, 1.54) is 12.3 Å². The number of carbonyl (C=O) groups excluding carboxylic acids is 1. The Hall–Kier alpha value is -0.840. The maximum absolute atomic E-state index is 12.1. The summed E-state index contributed by atoms with van der Waals surface area (Å²) in [6.45, 7) is 0.804. The number of nitrogens with zero attached hydrogens (tertiary/aromatic N) is 2. The predicted octanol–water partition coefficient (Wildman–Crippen LogP) is 2.62. The SMILES string of the molecule is CN(CCCCCO)C(=O)c1cc(Cl)ncc1Cl. The molecule has 1 rings (SSSR count). The van der Waals surface area contributed by atoms with Gasteiger partial charge in [-0.25, -0.2) is 4.98 Å². The highest BCUT2D eigenvalue weighted by atomic mass is 35.5. The number of hydrogen-bond donors (Lipinski definition) is 1. The molecule has 0 atom stereocenters. The number of aliphatic hydroxyl groups is 1. The zero-order valence-corrected chi connectivity index (χ0v) is 11.7. The van der Waals surface area contributed by atoms with Gasteiger partial charge < -0.3 is 10.0 Å². The maximum Gasteiger partial charge on any atom is 0.255 e. The van der Waals surface area contributed by atoms with Crippen molar-refractivity contribution < 1.29 is 9.90 Å². The Kier molecular flexibility index (Phi) is 6.39. The van der Waals surface area contributed by atoms with Crippen LogP contribution in [0, 0.1) is 0 Å². The first-order valence-electron chi connectivity index (χ1n) is 5.73. The number of amides is 1. The van der Waals surface area contributed by atoms with Crippen LogP contribution in [-0.4, -0.2) is 41.1 Å². The van der Waals surface area contributed by atoms with Crippen molar-refractivity contribution in [3.8, 4) is 0 Å². The zero-order chi connectivity index (χ0) is 13.5. The fourth-order valence-electron chi connectivity index (χ4n) is 1.52. The smallest absolute Gasteiger partial charge is 0.255 e. The van der Waals surface area contributed by atoms with Gasteiger partial charge in [0.15, 0.2) is 0 Å². The number of rotatable bonds is 6. The van der Waals surface area contributed by atoms with E-state index in [1.54, 1.807) is 11.9 Å². The molecule has 0 saturated heterocycles. The fourth-order valence-corrected chi connectivity index (χ4v) is 1.86. The lowest BCUT2D eigenvalue weighted by molar-refractivity contribution is 0.0792. The Balaban J connectivity index is 2.60. The van der Waals surface area contributed by atoms with Gasteiger partial charge in [-0.05, 0) is 25.3 Å². The largest absolute Gasteiger partial charge is 0.396 e. The van der Waals surface area contributed by atoms with Crippen molar-refractivity contribution in [2.75, 3.05) is 20.2 Å². The molecule has 0 saturated carbocycles. The van der Waals surface area contributed by atoms with Crippen LogP contribution < -0.4 is 0 Å². The van der Waals surface area contributed by atoms with E-state index in [0.29, 0.717) is 17.1 Å². The monoisotopic (exact) mass is 290 g/mol. The van der Waals surface area contributed by atoms with Gasteiger partial charge in [-0.2, -0.15) is 0 Å². The minimum atomic E-state index is -0.173. The van der Waals surface area contributed by atoms with Gasteiger partial charge in [-0.1, -0.05) is 23.2 Å². The molecule has 1 heterocycles. The highest BCUT2D eigenvalue weighted by molar-refractivity contribution is 6.35. The van der Waals surface area contributed by atoms with Crippen molar-refractivity contribution in [3.05, 3.63) is 28.0 Å². The summed E-state index contributed by atoms with van der Waals surface area (Å²) in [6, 6.07) is 1.47. The first-order chi connectivity index (χ1) is 8.56. The average molecular weight is 291 g/mol. The van der Waals surface area contributed by atoms with Crippen LogP contribution in [-0.2, 0) is 0 Å². The Bertz CT molecular complexity index is 413. The molecule has 0 aromatic carbocycles. The summed E-state index contributed by atoms with van der Waals surface area (Å²) in [6.07, 6.45) is 3.86. The van der Waals surface area contributed by atoms with Crippen LogP contribution in [0.2, 0.25) is 10.2 Å². The molecule has 0 fully saturated rings. The number of hydrogen-bond acceptors (Lipinski definition) is 3. The standard InChI is InChI=1S/C12H16Cl2N2O2/c1-16(5-3-2-4-6-17)12(18)9-7-11(14)15-8-10(9)13/h7-8,17H,2-6H2,1H3. The lowest BCUT2D eigenvalue weighted by atomic mass is 10.2.